The molecule has 0 amide bonds. The summed E-state index contributed by atoms with van der Waals surface area (Å²) in [5.74, 6) is 1.02. The molecule has 0 aliphatic heterocycles. The smallest absolute Gasteiger partial charge is 0.110 e. The van der Waals surface area contributed by atoms with Gasteiger partial charge in [-0.2, -0.15) is 0 Å². The van der Waals surface area contributed by atoms with Crippen molar-refractivity contribution in [2.45, 2.75) is 25.9 Å². The van der Waals surface area contributed by atoms with Crippen molar-refractivity contribution in [1.29, 1.82) is 0 Å². The Balaban J connectivity index is 2.27. The van der Waals surface area contributed by atoms with Gasteiger partial charge in [-0.05, 0) is 6.92 Å². The Morgan fingerprint density at radius 2 is 2.25 bits per heavy atom. The van der Waals surface area contributed by atoms with Gasteiger partial charge in [-0.1, -0.05) is 0 Å². The molecule has 1 aromatic rings. The summed E-state index contributed by atoms with van der Waals surface area (Å²) in [6.45, 7) is 4.73. The van der Waals surface area contributed by atoms with Crippen LogP contribution in [0, 0.1) is 0 Å². The van der Waals surface area contributed by atoms with Crippen molar-refractivity contribution >= 4 is 0 Å². The summed E-state index contributed by atoms with van der Waals surface area (Å²) >= 11 is 0. The van der Waals surface area contributed by atoms with Gasteiger partial charge in [-0.25, -0.2) is 4.98 Å². The van der Waals surface area contributed by atoms with E-state index < -0.39 is 0 Å². The first-order chi connectivity index (χ1) is 7.74. The molecule has 1 unspecified atom stereocenters. The van der Waals surface area contributed by atoms with Crippen LogP contribution >= 0.6 is 0 Å². The van der Waals surface area contributed by atoms with Gasteiger partial charge in [0.2, 0.25) is 0 Å². The number of hydrogen-bond donors (Lipinski definition) is 1. The van der Waals surface area contributed by atoms with Crippen LogP contribution in [0.1, 0.15) is 12.7 Å². The highest BCUT2D eigenvalue weighted by Gasteiger charge is 2.04. The molecular formula is C11H21N3O2. The van der Waals surface area contributed by atoms with Crippen LogP contribution in [0.3, 0.4) is 0 Å². The largest absolute Gasteiger partial charge is 0.382 e. The molecule has 0 radical (unpaired) electrons. The van der Waals surface area contributed by atoms with Crippen molar-refractivity contribution in [1.82, 2.24) is 9.55 Å². The summed E-state index contributed by atoms with van der Waals surface area (Å²) in [6.07, 6.45) is 4.55. The summed E-state index contributed by atoms with van der Waals surface area (Å²) in [4.78, 5) is 4.27. The minimum Gasteiger partial charge on any atom is -0.382 e. The summed E-state index contributed by atoms with van der Waals surface area (Å²) in [7, 11) is 1.67. The van der Waals surface area contributed by atoms with Gasteiger partial charge < -0.3 is 19.8 Å². The molecule has 0 aliphatic rings. The van der Waals surface area contributed by atoms with Gasteiger partial charge in [0, 0.05) is 38.5 Å². The van der Waals surface area contributed by atoms with Gasteiger partial charge in [0.05, 0.1) is 19.8 Å². The number of nitrogens with zero attached hydrogens (tertiary/aromatic N) is 2. The van der Waals surface area contributed by atoms with E-state index in [2.05, 4.69) is 9.55 Å². The second kappa shape index (κ2) is 7.38. The van der Waals surface area contributed by atoms with Crippen LogP contribution in [0.5, 0.6) is 0 Å². The molecule has 0 aromatic carbocycles. The van der Waals surface area contributed by atoms with Crippen LogP contribution in [0.15, 0.2) is 12.4 Å². The predicted molar refractivity (Wildman–Crippen MR) is 62.3 cm³/mol. The van der Waals surface area contributed by atoms with E-state index in [0.29, 0.717) is 19.8 Å². The maximum absolute atomic E-state index is 5.75. The van der Waals surface area contributed by atoms with E-state index in [1.54, 1.807) is 13.3 Å². The zero-order chi connectivity index (χ0) is 11.8. The fourth-order valence-corrected chi connectivity index (χ4v) is 1.43. The highest BCUT2D eigenvalue weighted by atomic mass is 16.5. The van der Waals surface area contributed by atoms with Crippen molar-refractivity contribution in [3.63, 3.8) is 0 Å². The van der Waals surface area contributed by atoms with Crippen LogP contribution in [0.2, 0.25) is 0 Å². The van der Waals surface area contributed by atoms with E-state index >= 15 is 0 Å². The third-order valence-corrected chi connectivity index (χ3v) is 2.21. The number of imidazole rings is 1. The fourth-order valence-electron chi connectivity index (χ4n) is 1.43. The molecule has 0 fully saturated rings. The van der Waals surface area contributed by atoms with E-state index in [4.69, 9.17) is 15.2 Å². The second-order valence-electron chi connectivity index (χ2n) is 3.82. The van der Waals surface area contributed by atoms with E-state index in [9.17, 15) is 0 Å². The quantitative estimate of drug-likeness (QED) is 0.654. The van der Waals surface area contributed by atoms with Crippen LogP contribution in [0.4, 0.5) is 0 Å². The van der Waals surface area contributed by atoms with Crippen molar-refractivity contribution in [3.05, 3.63) is 18.2 Å². The van der Waals surface area contributed by atoms with Crippen molar-refractivity contribution in [2.24, 2.45) is 5.73 Å². The third-order valence-electron chi connectivity index (χ3n) is 2.21. The molecule has 1 aromatic heterocycles. The first kappa shape index (κ1) is 13.2. The molecule has 16 heavy (non-hydrogen) atoms. The summed E-state index contributed by atoms with van der Waals surface area (Å²) in [5, 5.41) is 0. The molecule has 0 aliphatic carbocycles. The lowest BCUT2D eigenvalue weighted by Crippen LogP contribution is -2.21. The summed E-state index contributed by atoms with van der Waals surface area (Å²) < 4.78 is 12.4. The molecule has 1 heterocycles. The van der Waals surface area contributed by atoms with Gasteiger partial charge in [0.1, 0.15) is 5.82 Å². The van der Waals surface area contributed by atoms with Crippen molar-refractivity contribution in [3.8, 4) is 0 Å². The van der Waals surface area contributed by atoms with E-state index in [-0.39, 0.29) is 6.04 Å². The van der Waals surface area contributed by atoms with Crippen LogP contribution in [-0.2, 0) is 22.4 Å². The lowest BCUT2D eigenvalue weighted by Gasteiger charge is -2.09. The molecule has 0 bridgehead atoms. The predicted octanol–water partition coefficient (Wildman–Crippen LogP) is 0.436. The molecule has 5 nitrogen and oxygen atoms in total. The molecule has 1 atom stereocenters. The standard InChI is InChI=1S/C11H21N3O2/c1-10(12)9-11-13-3-4-14(11)5-6-16-8-7-15-2/h3-4,10H,5-9,12H2,1-2H3. The average Bonchev–Trinajstić information content (AvgIpc) is 2.64. The monoisotopic (exact) mass is 227 g/mol. The average molecular weight is 227 g/mol. The highest BCUT2D eigenvalue weighted by Crippen LogP contribution is 2.00. The maximum Gasteiger partial charge on any atom is 0.110 e. The lowest BCUT2D eigenvalue weighted by molar-refractivity contribution is 0.0663. The van der Waals surface area contributed by atoms with Gasteiger partial charge in [-0.3, -0.25) is 0 Å². The number of hydrogen-bond acceptors (Lipinski definition) is 4. The normalized spacial score (nSPS) is 12.9. The van der Waals surface area contributed by atoms with Crippen LogP contribution in [-0.4, -0.2) is 42.5 Å². The molecule has 2 N–H and O–H groups in total. The first-order valence-electron chi connectivity index (χ1n) is 5.56. The van der Waals surface area contributed by atoms with Crippen LogP contribution < -0.4 is 5.73 Å². The van der Waals surface area contributed by atoms with Gasteiger partial charge in [-0.15, -0.1) is 0 Å². The van der Waals surface area contributed by atoms with Crippen molar-refractivity contribution < 1.29 is 9.47 Å². The van der Waals surface area contributed by atoms with Gasteiger partial charge in [0.25, 0.3) is 0 Å². The third kappa shape index (κ3) is 4.74. The van der Waals surface area contributed by atoms with E-state index in [1.807, 2.05) is 13.1 Å². The number of ether oxygens (including phenoxy) is 2. The molecule has 1 rings (SSSR count). The number of methoxy groups -OCH3 is 1. The molecular weight excluding hydrogens is 206 g/mol. The summed E-state index contributed by atoms with van der Waals surface area (Å²) in [5.41, 5.74) is 5.75. The Bertz CT molecular complexity index is 287. The summed E-state index contributed by atoms with van der Waals surface area (Å²) in [6, 6.07) is 0.135. The molecule has 0 spiro atoms. The molecule has 0 saturated heterocycles. The number of nitrogens with two attached hydrogens (primary N) is 1. The van der Waals surface area contributed by atoms with Gasteiger partial charge in [0.15, 0.2) is 0 Å². The molecule has 0 saturated carbocycles. The SMILES string of the molecule is COCCOCCn1ccnc1CC(C)N. The number of aromatic nitrogens is 2. The zero-order valence-electron chi connectivity index (χ0n) is 10.1. The molecule has 92 valence electrons. The highest BCUT2D eigenvalue weighted by molar-refractivity contribution is 4.94. The zero-order valence-corrected chi connectivity index (χ0v) is 10.1. The Kier molecular flexibility index (Phi) is 6.07. The number of rotatable bonds is 8. The van der Waals surface area contributed by atoms with Gasteiger partial charge >= 0.3 is 0 Å². The first-order valence-corrected chi connectivity index (χ1v) is 5.56. The second-order valence-corrected chi connectivity index (χ2v) is 3.82. The van der Waals surface area contributed by atoms with Crippen LogP contribution in [0.25, 0.3) is 0 Å². The topological polar surface area (TPSA) is 62.3 Å². The Morgan fingerprint density at radius 1 is 1.44 bits per heavy atom. The Hall–Kier alpha value is -0.910. The maximum atomic E-state index is 5.75. The minimum atomic E-state index is 0.135. The van der Waals surface area contributed by atoms with E-state index in [1.165, 1.54) is 0 Å². The van der Waals surface area contributed by atoms with Crippen molar-refractivity contribution in [2.75, 3.05) is 26.9 Å². The Labute approximate surface area is 96.6 Å². The van der Waals surface area contributed by atoms with E-state index in [0.717, 1.165) is 18.8 Å². The lowest BCUT2D eigenvalue weighted by atomic mass is 10.2. The minimum absolute atomic E-state index is 0.135. The Morgan fingerprint density at radius 3 is 2.94 bits per heavy atom. The molecule has 5 heteroatoms. The fraction of sp³-hybridized carbons (Fsp3) is 0.727.